The molecule has 6 heteroatoms. The molecule has 5 nitrogen and oxygen atoms in total. The number of thiazole rings is 1. The molecule has 22 heavy (non-hydrogen) atoms. The molecule has 2 rings (SSSR count). The molecule has 0 aliphatic carbocycles. The summed E-state index contributed by atoms with van der Waals surface area (Å²) >= 11 is 1.42. The van der Waals surface area contributed by atoms with Gasteiger partial charge in [0.2, 0.25) is 5.91 Å². The van der Waals surface area contributed by atoms with Crippen molar-refractivity contribution in [3.63, 3.8) is 0 Å². The Morgan fingerprint density at radius 3 is 2.82 bits per heavy atom. The van der Waals surface area contributed by atoms with Crippen LogP contribution in [0.3, 0.4) is 0 Å². The number of aromatic nitrogens is 1. The number of aryl methyl sites for hydroxylation is 1. The van der Waals surface area contributed by atoms with Gasteiger partial charge in [0.25, 0.3) is 0 Å². The van der Waals surface area contributed by atoms with Gasteiger partial charge in [-0.05, 0) is 24.6 Å². The zero-order valence-electron chi connectivity index (χ0n) is 12.8. The number of benzene rings is 1. The van der Waals surface area contributed by atoms with Crippen LogP contribution in [0, 0.1) is 0 Å². The first-order valence-electron chi connectivity index (χ1n) is 6.81. The summed E-state index contributed by atoms with van der Waals surface area (Å²) in [6.45, 7) is 2.02. The number of nitrogens with zero attached hydrogens (tertiary/aromatic N) is 1. The number of hydrogen-bond acceptors (Lipinski definition) is 5. The molecule has 1 aromatic carbocycles. The second-order valence-electron chi connectivity index (χ2n) is 4.43. The third kappa shape index (κ3) is 4.08. The normalized spacial score (nSPS) is 10.7. The van der Waals surface area contributed by atoms with Gasteiger partial charge in [-0.2, -0.15) is 0 Å². The van der Waals surface area contributed by atoms with Crippen molar-refractivity contribution in [2.24, 2.45) is 0 Å². The molecule has 2 aromatic rings. The van der Waals surface area contributed by atoms with Crippen molar-refractivity contribution in [1.29, 1.82) is 0 Å². The molecule has 0 aliphatic rings. The monoisotopic (exact) mass is 318 g/mol. The van der Waals surface area contributed by atoms with Gasteiger partial charge in [0.1, 0.15) is 11.5 Å². The van der Waals surface area contributed by atoms with Crippen molar-refractivity contribution in [1.82, 2.24) is 4.98 Å². The highest BCUT2D eigenvalue weighted by Gasteiger charge is 2.05. The molecule has 0 radical (unpaired) electrons. The van der Waals surface area contributed by atoms with Crippen molar-refractivity contribution in [3.05, 3.63) is 40.9 Å². The van der Waals surface area contributed by atoms with E-state index in [0.717, 1.165) is 17.7 Å². The van der Waals surface area contributed by atoms with Crippen molar-refractivity contribution in [3.8, 4) is 11.5 Å². The molecule has 0 bridgehead atoms. The van der Waals surface area contributed by atoms with Gasteiger partial charge in [-0.15, -0.1) is 11.3 Å². The van der Waals surface area contributed by atoms with Gasteiger partial charge in [-0.25, -0.2) is 4.98 Å². The fourth-order valence-corrected chi connectivity index (χ4v) is 2.59. The topological polar surface area (TPSA) is 60.5 Å². The minimum Gasteiger partial charge on any atom is -0.497 e. The quantitative estimate of drug-likeness (QED) is 0.830. The zero-order valence-corrected chi connectivity index (χ0v) is 13.6. The lowest BCUT2D eigenvalue weighted by atomic mass is 10.1. The molecule has 0 fully saturated rings. The number of rotatable bonds is 6. The number of carbonyl (C=O) groups excluding carboxylic acids is 1. The molecular formula is C16H18N2O3S. The third-order valence-corrected chi connectivity index (χ3v) is 3.81. The average Bonchev–Trinajstić information content (AvgIpc) is 3.00. The number of ether oxygens (including phenoxy) is 2. The molecule has 0 spiro atoms. The maximum absolute atomic E-state index is 11.9. The highest BCUT2D eigenvalue weighted by molar-refractivity contribution is 7.13. The van der Waals surface area contributed by atoms with Gasteiger partial charge in [0.05, 0.1) is 19.9 Å². The van der Waals surface area contributed by atoms with Crippen LogP contribution in [-0.4, -0.2) is 25.1 Å². The summed E-state index contributed by atoms with van der Waals surface area (Å²) in [5, 5.41) is 5.28. The highest BCUT2D eigenvalue weighted by Crippen LogP contribution is 2.25. The van der Waals surface area contributed by atoms with Gasteiger partial charge >= 0.3 is 0 Å². The van der Waals surface area contributed by atoms with Crippen molar-refractivity contribution in [2.75, 3.05) is 19.5 Å². The number of anilines is 1. The molecule has 1 amide bonds. The minimum atomic E-state index is -0.227. The second-order valence-corrected chi connectivity index (χ2v) is 5.29. The SMILES string of the molecule is CCc1csc(NC(=O)/C=C/c2ccc(OC)cc2OC)n1. The molecule has 0 aliphatic heterocycles. The predicted octanol–water partition coefficient (Wildman–Crippen LogP) is 3.37. The van der Waals surface area contributed by atoms with Gasteiger partial charge in [-0.1, -0.05) is 6.92 Å². The Balaban J connectivity index is 2.05. The summed E-state index contributed by atoms with van der Waals surface area (Å²) in [4.78, 5) is 16.2. The highest BCUT2D eigenvalue weighted by atomic mass is 32.1. The molecular weight excluding hydrogens is 300 g/mol. The maximum atomic E-state index is 11.9. The van der Waals surface area contributed by atoms with Crippen LogP contribution in [0.2, 0.25) is 0 Å². The van der Waals surface area contributed by atoms with Crippen LogP contribution in [0.15, 0.2) is 29.7 Å². The first-order chi connectivity index (χ1) is 10.7. The lowest BCUT2D eigenvalue weighted by molar-refractivity contribution is -0.111. The summed E-state index contributed by atoms with van der Waals surface area (Å²) < 4.78 is 10.4. The lowest BCUT2D eigenvalue weighted by Crippen LogP contribution is -2.07. The van der Waals surface area contributed by atoms with Crippen LogP contribution in [-0.2, 0) is 11.2 Å². The van der Waals surface area contributed by atoms with E-state index in [9.17, 15) is 4.79 Å². The lowest BCUT2D eigenvalue weighted by Gasteiger charge is -2.07. The number of amides is 1. The van der Waals surface area contributed by atoms with E-state index < -0.39 is 0 Å². The Hall–Kier alpha value is -2.34. The number of nitrogens with one attached hydrogen (secondary N) is 1. The first-order valence-corrected chi connectivity index (χ1v) is 7.69. The van der Waals surface area contributed by atoms with Crippen LogP contribution >= 0.6 is 11.3 Å². The Morgan fingerprint density at radius 2 is 2.18 bits per heavy atom. The van der Waals surface area contributed by atoms with E-state index in [0.29, 0.717) is 16.6 Å². The molecule has 0 saturated heterocycles. The van der Waals surface area contributed by atoms with Crippen LogP contribution in [0.5, 0.6) is 11.5 Å². The summed E-state index contributed by atoms with van der Waals surface area (Å²) in [5.41, 5.74) is 1.77. The van der Waals surface area contributed by atoms with E-state index in [4.69, 9.17) is 9.47 Å². The van der Waals surface area contributed by atoms with Crippen molar-refractivity contribution in [2.45, 2.75) is 13.3 Å². The number of hydrogen-bond donors (Lipinski definition) is 1. The third-order valence-electron chi connectivity index (χ3n) is 3.00. The molecule has 1 heterocycles. The average molecular weight is 318 g/mol. The standard InChI is InChI=1S/C16H18N2O3S/c1-4-12-10-22-16(17-12)18-15(19)8-6-11-5-7-13(20-2)9-14(11)21-3/h5-10H,4H2,1-3H3,(H,17,18,19)/b8-6+. The van der Waals surface area contributed by atoms with E-state index in [2.05, 4.69) is 10.3 Å². The molecule has 1 aromatic heterocycles. The Bertz CT molecular complexity index is 680. The van der Waals surface area contributed by atoms with E-state index in [1.807, 2.05) is 24.4 Å². The molecule has 0 atom stereocenters. The van der Waals surface area contributed by atoms with E-state index in [1.165, 1.54) is 17.4 Å². The van der Waals surface area contributed by atoms with E-state index in [-0.39, 0.29) is 5.91 Å². The Kier molecular flexibility index (Phi) is 5.55. The van der Waals surface area contributed by atoms with Crippen LogP contribution in [0.4, 0.5) is 5.13 Å². The van der Waals surface area contributed by atoms with Crippen molar-refractivity contribution >= 4 is 28.5 Å². The number of carbonyl (C=O) groups is 1. The molecule has 0 unspecified atom stereocenters. The predicted molar refractivity (Wildman–Crippen MR) is 88.7 cm³/mol. The van der Waals surface area contributed by atoms with Crippen molar-refractivity contribution < 1.29 is 14.3 Å². The molecule has 1 N–H and O–H groups in total. The summed E-state index contributed by atoms with van der Waals surface area (Å²) in [7, 11) is 3.17. The smallest absolute Gasteiger partial charge is 0.250 e. The summed E-state index contributed by atoms with van der Waals surface area (Å²) in [6, 6.07) is 5.42. The van der Waals surface area contributed by atoms with E-state index in [1.54, 1.807) is 26.4 Å². The second kappa shape index (κ2) is 7.61. The first kappa shape index (κ1) is 16.0. The Labute approximate surface area is 133 Å². The molecule has 0 saturated carbocycles. The zero-order chi connectivity index (χ0) is 15.9. The van der Waals surface area contributed by atoms with Crippen LogP contribution < -0.4 is 14.8 Å². The van der Waals surface area contributed by atoms with Gasteiger partial charge in [0.15, 0.2) is 5.13 Å². The van der Waals surface area contributed by atoms with Crippen LogP contribution in [0.25, 0.3) is 6.08 Å². The fourth-order valence-electron chi connectivity index (χ4n) is 1.80. The van der Waals surface area contributed by atoms with Gasteiger partial charge in [-0.3, -0.25) is 10.1 Å². The molecule has 116 valence electrons. The fraction of sp³-hybridized carbons (Fsp3) is 0.250. The largest absolute Gasteiger partial charge is 0.497 e. The van der Waals surface area contributed by atoms with Crippen LogP contribution in [0.1, 0.15) is 18.2 Å². The summed E-state index contributed by atoms with van der Waals surface area (Å²) in [6.07, 6.45) is 4.00. The Morgan fingerprint density at radius 1 is 1.36 bits per heavy atom. The number of methoxy groups -OCH3 is 2. The summed E-state index contributed by atoms with van der Waals surface area (Å²) in [5.74, 6) is 1.12. The maximum Gasteiger partial charge on any atom is 0.250 e. The minimum absolute atomic E-state index is 0.227. The van der Waals surface area contributed by atoms with Gasteiger partial charge in [0, 0.05) is 23.1 Å². The van der Waals surface area contributed by atoms with Gasteiger partial charge < -0.3 is 9.47 Å². The van der Waals surface area contributed by atoms with E-state index >= 15 is 0 Å².